The summed E-state index contributed by atoms with van der Waals surface area (Å²) in [5, 5.41) is 17.6. The van der Waals surface area contributed by atoms with Gasteiger partial charge in [0.2, 0.25) is 17.7 Å². The summed E-state index contributed by atoms with van der Waals surface area (Å²) in [7, 11) is 0. The van der Waals surface area contributed by atoms with Crippen LogP contribution in [0.1, 0.15) is 59.3 Å². The number of carbonyl (C=O) groups excluding carboxylic acids is 3. The first kappa shape index (κ1) is 24.4. The Balaban J connectivity index is 2.07. The minimum atomic E-state index is -1.18. The van der Waals surface area contributed by atoms with Crippen molar-refractivity contribution in [2.75, 3.05) is 0 Å². The SMILES string of the molecule is CC(=O)NC1CCC(=C[C@H](NC(=O)[C@H](/C=C2/C=C[C@H](C)CC2)NC(C)=O)C(=O)O)CC1. The van der Waals surface area contributed by atoms with Gasteiger partial charge in [-0.25, -0.2) is 4.79 Å². The fourth-order valence-corrected chi connectivity index (χ4v) is 3.86. The van der Waals surface area contributed by atoms with Gasteiger partial charge in [-0.15, -0.1) is 0 Å². The van der Waals surface area contributed by atoms with Crippen molar-refractivity contribution < 1.29 is 24.3 Å². The van der Waals surface area contributed by atoms with E-state index >= 15 is 0 Å². The van der Waals surface area contributed by atoms with Crippen molar-refractivity contribution in [2.24, 2.45) is 5.92 Å². The number of hydrogen-bond donors (Lipinski definition) is 4. The van der Waals surface area contributed by atoms with Gasteiger partial charge in [-0.1, -0.05) is 30.7 Å². The van der Waals surface area contributed by atoms with Crippen molar-refractivity contribution in [3.63, 3.8) is 0 Å². The quantitative estimate of drug-likeness (QED) is 0.459. The Morgan fingerprint density at radius 1 is 0.968 bits per heavy atom. The van der Waals surface area contributed by atoms with Gasteiger partial charge in [0.25, 0.3) is 0 Å². The maximum atomic E-state index is 12.8. The van der Waals surface area contributed by atoms with Crippen LogP contribution < -0.4 is 16.0 Å². The second-order valence-electron chi connectivity index (χ2n) is 8.42. The molecule has 0 aromatic carbocycles. The molecule has 0 aromatic rings. The van der Waals surface area contributed by atoms with Crippen molar-refractivity contribution in [3.05, 3.63) is 35.5 Å². The molecule has 8 nitrogen and oxygen atoms in total. The molecule has 2 aliphatic rings. The molecule has 4 N–H and O–H groups in total. The molecule has 31 heavy (non-hydrogen) atoms. The van der Waals surface area contributed by atoms with Crippen LogP contribution in [0.15, 0.2) is 35.5 Å². The summed E-state index contributed by atoms with van der Waals surface area (Å²) in [6, 6.07) is -2.03. The molecule has 3 atom stereocenters. The Morgan fingerprint density at radius 3 is 2.16 bits per heavy atom. The van der Waals surface area contributed by atoms with Crippen molar-refractivity contribution >= 4 is 23.7 Å². The van der Waals surface area contributed by atoms with Crippen LogP contribution in [-0.4, -0.2) is 46.9 Å². The molecule has 0 spiro atoms. The highest BCUT2D eigenvalue weighted by Crippen LogP contribution is 2.24. The summed E-state index contributed by atoms with van der Waals surface area (Å²) in [5.74, 6) is -1.70. The van der Waals surface area contributed by atoms with Crippen LogP contribution >= 0.6 is 0 Å². The maximum Gasteiger partial charge on any atom is 0.330 e. The molecule has 0 aromatic heterocycles. The summed E-state index contributed by atoms with van der Waals surface area (Å²) in [6.45, 7) is 4.91. The largest absolute Gasteiger partial charge is 0.479 e. The highest BCUT2D eigenvalue weighted by molar-refractivity contribution is 5.92. The fourth-order valence-electron chi connectivity index (χ4n) is 3.86. The van der Waals surface area contributed by atoms with Crippen LogP contribution in [0.4, 0.5) is 0 Å². The van der Waals surface area contributed by atoms with Gasteiger partial charge in [0.05, 0.1) is 0 Å². The maximum absolute atomic E-state index is 12.8. The minimum Gasteiger partial charge on any atom is -0.479 e. The van der Waals surface area contributed by atoms with Crippen molar-refractivity contribution in [1.29, 1.82) is 0 Å². The van der Waals surface area contributed by atoms with Crippen LogP contribution in [0, 0.1) is 5.92 Å². The molecule has 8 heteroatoms. The first-order valence-electron chi connectivity index (χ1n) is 10.8. The third kappa shape index (κ3) is 8.39. The molecule has 0 saturated heterocycles. The Hall–Kier alpha value is -2.90. The number of amides is 3. The molecule has 0 heterocycles. The van der Waals surface area contributed by atoms with Crippen molar-refractivity contribution in [2.45, 2.75) is 77.4 Å². The lowest BCUT2D eigenvalue weighted by atomic mass is 9.89. The van der Waals surface area contributed by atoms with E-state index < -0.39 is 24.0 Å². The average molecular weight is 432 g/mol. The molecular weight excluding hydrogens is 398 g/mol. The lowest BCUT2D eigenvalue weighted by Gasteiger charge is -2.25. The van der Waals surface area contributed by atoms with Gasteiger partial charge in [-0.05, 0) is 56.1 Å². The molecule has 0 bridgehead atoms. The van der Waals surface area contributed by atoms with Gasteiger partial charge in [0, 0.05) is 19.9 Å². The number of hydrogen-bond acceptors (Lipinski definition) is 4. The number of carboxylic acids is 1. The van der Waals surface area contributed by atoms with E-state index in [0.717, 1.165) is 36.8 Å². The standard InChI is InChI=1S/C23H33N3O5/c1-14-4-6-17(7-5-14)12-20(25-16(3)28)22(29)26-21(23(30)31)13-18-8-10-19(11-9-18)24-15(2)27/h4,6,12-14,19-21H,5,7-11H2,1-3H3,(H,24,27)(H,25,28)(H,26,29)(H,30,31)/b17-12-,18-13?/t14-,19?,20-,21-/m0/s1. The fraction of sp³-hybridized carbons (Fsp3) is 0.565. The molecule has 1 saturated carbocycles. The molecule has 0 unspecified atom stereocenters. The van der Waals surface area contributed by atoms with Crippen LogP contribution in [0.25, 0.3) is 0 Å². The van der Waals surface area contributed by atoms with E-state index in [-0.39, 0.29) is 17.9 Å². The number of rotatable bonds is 7. The van der Waals surface area contributed by atoms with Gasteiger partial charge in [0.1, 0.15) is 12.1 Å². The topological polar surface area (TPSA) is 125 Å². The highest BCUT2D eigenvalue weighted by Gasteiger charge is 2.26. The van der Waals surface area contributed by atoms with E-state index in [0.29, 0.717) is 18.8 Å². The zero-order chi connectivity index (χ0) is 23.0. The molecule has 0 aliphatic heterocycles. The van der Waals surface area contributed by atoms with E-state index in [4.69, 9.17) is 0 Å². The highest BCUT2D eigenvalue weighted by atomic mass is 16.4. The van der Waals surface area contributed by atoms with Crippen LogP contribution in [-0.2, 0) is 19.2 Å². The van der Waals surface area contributed by atoms with E-state index in [1.807, 2.05) is 6.08 Å². The van der Waals surface area contributed by atoms with Gasteiger partial charge < -0.3 is 21.1 Å². The number of nitrogens with one attached hydrogen (secondary N) is 3. The Bertz CT molecular complexity index is 789. The minimum absolute atomic E-state index is 0.0755. The molecular formula is C23H33N3O5. The van der Waals surface area contributed by atoms with E-state index in [1.54, 1.807) is 12.2 Å². The smallest absolute Gasteiger partial charge is 0.330 e. The van der Waals surface area contributed by atoms with Gasteiger partial charge in [0.15, 0.2) is 0 Å². The number of aliphatic carboxylic acids is 1. The van der Waals surface area contributed by atoms with Crippen LogP contribution in [0.3, 0.4) is 0 Å². The summed E-state index contributed by atoms with van der Waals surface area (Å²) in [5.41, 5.74) is 1.88. The monoisotopic (exact) mass is 431 g/mol. The second kappa shape index (κ2) is 11.5. The zero-order valence-electron chi connectivity index (χ0n) is 18.4. The molecule has 2 rings (SSSR count). The predicted octanol–water partition coefficient (Wildman–Crippen LogP) is 1.98. The predicted molar refractivity (Wildman–Crippen MR) is 117 cm³/mol. The Labute approximate surface area is 183 Å². The molecule has 3 amide bonds. The average Bonchev–Trinajstić information content (AvgIpc) is 2.69. The summed E-state index contributed by atoms with van der Waals surface area (Å²) in [6.07, 6.45) is 11.8. The van der Waals surface area contributed by atoms with E-state index in [1.165, 1.54) is 13.8 Å². The number of carboxylic acid groups (broad SMARTS) is 1. The third-order valence-corrected chi connectivity index (χ3v) is 5.55. The van der Waals surface area contributed by atoms with E-state index in [2.05, 4.69) is 29.0 Å². The third-order valence-electron chi connectivity index (χ3n) is 5.55. The number of allylic oxidation sites excluding steroid dienone is 4. The lowest BCUT2D eigenvalue weighted by molar-refractivity contribution is -0.140. The normalized spacial score (nSPS) is 24.1. The van der Waals surface area contributed by atoms with E-state index in [9.17, 15) is 24.3 Å². The lowest BCUT2D eigenvalue weighted by Crippen LogP contribution is -2.50. The summed E-state index contributed by atoms with van der Waals surface area (Å²) >= 11 is 0. The van der Waals surface area contributed by atoms with Gasteiger partial charge >= 0.3 is 5.97 Å². The van der Waals surface area contributed by atoms with Crippen LogP contribution in [0.2, 0.25) is 0 Å². The molecule has 0 radical (unpaired) electrons. The Morgan fingerprint density at radius 2 is 1.65 bits per heavy atom. The summed E-state index contributed by atoms with van der Waals surface area (Å²) < 4.78 is 0. The Kier molecular flexibility index (Phi) is 9.03. The van der Waals surface area contributed by atoms with Crippen LogP contribution in [0.5, 0.6) is 0 Å². The van der Waals surface area contributed by atoms with Crippen molar-refractivity contribution in [1.82, 2.24) is 16.0 Å². The second-order valence-corrected chi connectivity index (χ2v) is 8.42. The molecule has 1 fully saturated rings. The van der Waals surface area contributed by atoms with Gasteiger partial charge in [-0.2, -0.15) is 0 Å². The number of carbonyl (C=O) groups is 4. The van der Waals surface area contributed by atoms with Crippen molar-refractivity contribution in [3.8, 4) is 0 Å². The first-order chi connectivity index (χ1) is 14.6. The van der Waals surface area contributed by atoms with Gasteiger partial charge in [-0.3, -0.25) is 14.4 Å². The summed E-state index contributed by atoms with van der Waals surface area (Å²) in [4.78, 5) is 47.4. The zero-order valence-corrected chi connectivity index (χ0v) is 18.4. The molecule has 2 aliphatic carbocycles. The first-order valence-corrected chi connectivity index (χ1v) is 10.8. The molecule has 170 valence electrons.